The van der Waals surface area contributed by atoms with Crippen molar-refractivity contribution in [3.05, 3.63) is 40.7 Å². The number of carbonyl (C=O) groups is 1. The fourth-order valence-corrected chi connectivity index (χ4v) is 3.92. The number of benzene rings is 1. The van der Waals surface area contributed by atoms with Gasteiger partial charge in [-0.15, -0.1) is 0 Å². The van der Waals surface area contributed by atoms with E-state index in [2.05, 4.69) is 21.2 Å². The number of nitrogens with zero attached hydrogens (tertiary/aromatic N) is 4. The van der Waals surface area contributed by atoms with Crippen LogP contribution in [0.5, 0.6) is 0 Å². The molecule has 1 aliphatic rings. The average Bonchev–Trinajstić information content (AvgIpc) is 3.12. The average molecular weight is 393 g/mol. The number of amides is 1. The van der Waals surface area contributed by atoms with Crippen LogP contribution < -0.4 is 4.90 Å². The second-order valence-electron chi connectivity index (χ2n) is 6.62. The third kappa shape index (κ3) is 5.17. The van der Waals surface area contributed by atoms with E-state index in [1.54, 1.807) is 0 Å². The Balaban J connectivity index is 1.50. The minimum absolute atomic E-state index is 0.291. The minimum Gasteiger partial charge on any atom is -0.343 e. The molecule has 1 aromatic carbocycles. The van der Waals surface area contributed by atoms with Crippen molar-refractivity contribution in [3.63, 3.8) is 0 Å². The predicted molar refractivity (Wildman–Crippen MR) is 107 cm³/mol. The molecule has 0 radical (unpaired) electrons. The molecule has 1 aromatic heterocycles. The highest BCUT2D eigenvalue weighted by Gasteiger charge is 2.22. The molecule has 7 heteroatoms. The van der Waals surface area contributed by atoms with Gasteiger partial charge in [-0.3, -0.25) is 4.79 Å². The Morgan fingerprint density at radius 1 is 1.15 bits per heavy atom. The van der Waals surface area contributed by atoms with Gasteiger partial charge in [0.1, 0.15) is 5.82 Å². The first-order chi connectivity index (χ1) is 12.7. The highest BCUT2D eigenvalue weighted by molar-refractivity contribution is 7.09. The second kappa shape index (κ2) is 9.33. The minimum atomic E-state index is 0.291. The summed E-state index contributed by atoms with van der Waals surface area (Å²) in [4.78, 5) is 21.1. The van der Waals surface area contributed by atoms with Crippen LogP contribution in [0.4, 0.5) is 5.13 Å². The van der Waals surface area contributed by atoms with E-state index in [1.165, 1.54) is 11.5 Å². The molecule has 0 saturated carbocycles. The first-order valence-electron chi connectivity index (χ1n) is 9.25. The fourth-order valence-electron chi connectivity index (χ4n) is 3.06. The Labute approximate surface area is 164 Å². The van der Waals surface area contributed by atoms with Crippen molar-refractivity contribution < 1.29 is 4.79 Å². The largest absolute Gasteiger partial charge is 0.343 e. The maximum absolute atomic E-state index is 12.2. The molecule has 1 aliphatic heterocycles. The molecule has 1 fully saturated rings. The van der Waals surface area contributed by atoms with Crippen LogP contribution >= 0.6 is 23.1 Å². The Bertz CT molecular complexity index is 711. The van der Waals surface area contributed by atoms with Gasteiger partial charge >= 0.3 is 0 Å². The van der Waals surface area contributed by atoms with E-state index in [-0.39, 0.29) is 0 Å². The maximum Gasteiger partial charge on any atom is 0.222 e. The molecule has 0 unspecified atom stereocenters. The SMILES string of the molecule is CCCCCC(=O)N1CCN(c2nc(Cc3ccc(Cl)cc3)ns2)CC1. The van der Waals surface area contributed by atoms with Crippen LogP contribution in [-0.4, -0.2) is 46.3 Å². The number of anilines is 1. The van der Waals surface area contributed by atoms with Crippen LogP contribution in [0.25, 0.3) is 0 Å². The zero-order valence-corrected chi connectivity index (χ0v) is 16.7. The number of halogens is 1. The van der Waals surface area contributed by atoms with Crippen LogP contribution in [-0.2, 0) is 11.2 Å². The topological polar surface area (TPSA) is 49.3 Å². The highest BCUT2D eigenvalue weighted by Crippen LogP contribution is 2.21. The van der Waals surface area contributed by atoms with Crippen LogP contribution in [0.2, 0.25) is 5.02 Å². The molecule has 0 aliphatic carbocycles. The van der Waals surface area contributed by atoms with Crippen molar-refractivity contribution >= 4 is 34.2 Å². The molecule has 1 amide bonds. The van der Waals surface area contributed by atoms with Gasteiger partial charge in [-0.1, -0.05) is 43.5 Å². The van der Waals surface area contributed by atoms with Crippen molar-refractivity contribution in [1.82, 2.24) is 14.3 Å². The molecule has 3 rings (SSSR count). The lowest BCUT2D eigenvalue weighted by molar-refractivity contribution is -0.131. The maximum atomic E-state index is 12.2. The summed E-state index contributed by atoms with van der Waals surface area (Å²) in [6.45, 7) is 5.37. The molecular weight excluding hydrogens is 368 g/mol. The zero-order chi connectivity index (χ0) is 18.4. The summed E-state index contributed by atoms with van der Waals surface area (Å²) in [7, 11) is 0. The molecule has 2 aromatic rings. The third-order valence-electron chi connectivity index (χ3n) is 4.63. The smallest absolute Gasteiger partial charge is 0.222 e. The fraction of sp³-hybridized carbons (Fsp3) is 0.526. The zero-order valence-electron chi connectivity index (χ0n) is 15.2. The van der Waals surface area contributed by atoms with Crippen molar-refractivity contribution in [3.8, 4) is 0 Å². The van der Waals surface area contributed by atoms with Gasteiger partial charge in [0.15, 0.2) is 0 Å². The second-order valence-corrected chi connectivity index (χ2v) is 7.79. The predicted octanol–water partition coefficient (Wildman–Crippen LogP) is 4.01. The van der Waals surface area contributed by atoms with Crippen molar-refractivity contribution in [1.29, 1.82) is 0 Å². The lowest BCUT2D eigenvalue weighted by Gasteiger charge is -2.34. The molecule has 5 nitrogen and oxygen atoms in total. The molecule has 0 N–H and O–H groups in total. The molecule has 0 atom stereocenters. The molecule has 0 spiro atoms. The third-order valence-corrected chi connectivity index (χ3v) is 5.70. The number of hydrogen-bond donors (Lipinski definition) is 0. The van der Waals surface area contributed by atoms with Crippen molar-refractivity contribution in [2.24, 2.45) is 0 Å². The van der Waals surface area contributed by atoms with E-state index < -0.39 is 0 Å². The van der Waals surface area contributed by atoms with Crippen LogP contribution in [0.3, 0.4) is 0 Å². The molecule has 2 heterocycles. The standard InChI is InChI=1S/C19H25ClN4OS/c1-2-3-4-5-18(25)23-10-12-24(13-11-23)19-21-17(22-26-19)14-15-6-8-16(20)9-7-15/h6-9H,2-5,10-14H2,1H3. The van der Waals surface area contributed by atoms with E-state index in [9.17, 15) is 4.79 Å². The summed E-state index contributed by atoms with van der Waals surface area (Å²) in [5, 5.41) is 1.69. The van der Waals surface area contributed by atoms with Gasteiger partial charge in [0.2, 0.25) is 11.0 Å². The summed E-state index contributed by atoms with van der Waals surface area (Å²) in [6.07, 6.45) is 4.67. The quantitative estimate of drug-likeness (QED) is 0.668. The van der Waals surface area contributed by atoms with E-state index >= 15 is 0 Å². The number of unbranched alkanes of at least 4 members (excludes halogenated alkanes) is 2. The summed E-state index contributed by atoms with van der Waals surface area (Å²) in [5.41, 5.74) is 1.15. The number of rotatable bonds is 7. The Morgan fingerprint density at radius 2 is 1.88 bits per heavy atom. The van der Waals surface area contributed by atoms with Gasteiger partial charge < -0.3 is 9.80 Å². The van der Waals surface area contributed by atoms with Crippen molar-refractivity contribution in [2.75, 3.05) is 31.1 Å². The Hall–Kier alpha value is -1.66. The Morgan fingerprint density at radius 3 is 2.58 bits per heavy atom. The lowest BCUT2D eigenvalue weighted by atomic mass is 10.1. The van der Waals surface area contributed by atoms with Crippen molar-refractivity contribution in [2.45, 2.75) is 39.0 Å². The monoisotopic (exact) mass is 392 g/mol. The highest BCUT2D eigenvalue weighted by atomic mass is 35.5. The van der Waals surface area contributed by atoms with E-state index in [1.807, 2.05) is 29.2 Å². The van der Waals surface area contributed by atoms with E-state index in [0.29, 0.717) is 18.7 Å². The van der Waals surface area contributed by atoms with Gasteiger partial charge in [-0.25, -0.2) is 4.98 Å². The van der Waals surface area contributed by atoms with E-state index in [0.717, 1.165) is 67.0 Å². The van der Waals surface area contributed by atoms with Crippen LogP contribution in [0.1, 0.15) is 44.0 Å². The number of hydrogen-bond acceptors (Lipinski definition) is 5. The van der Waals surface area contributed by atoms with Gasteiger partial charge in [-0.2, -0.15) is 4.37 Å². The lowest BCUT2D eigenvalue weighted by Crippen LogP contribution is -2.48. The van der Waals surface area contributed by atoms with Crippen LogP contribution in [0.15, 0.2) is 24.3 Å². The van der Waals surface area contributed by atoms with Gasteiger partial charge in [0, 0.05) is 55.6 Å². The van der Waals surface area contributed by atoms with Gasteiger partial charge in [0.25, 0.3) is 0 Å². The summed E-state index contributed by atoms with van der Waals surface area (Å²) in [5.74, 6) is 1.13. The van der Waals surface area contributed by atoms with Gasteiger partial charge in [-0.05, 0) is 24.1 Å². The molecule has 140 valence electrons. The molecule has 26 heavy (non-hydrogen) atoms. The molecular formula is C19H25ClN4OS. The number of piperazine rings is 1. The Kier molecular flexibility index (Phi) is 6.86. The first kappa shape index (κ1) is 19.1. The number of aromatic nitrogens is 2. The van der Waals surface area contributed by atoms with Crippen LogP contribution in [0, 0.1) is 0 Å². The first-order valence-corrected chi connectivity index (χ1v) is 10.4. The summed E-state index contributed by atoms with van der Waals surface area (Å²) < 4.78 is 4.49. The van der Waals surface area contributed by atoms with Gasteiger partial charge in [0.05, 0.1) is 0 Å². The normalized spacial score (nSPS) is 14.7. The summed E-state index contributed by atoms with van der Waals surface area (Å²) in [6, 6.07) is 7.79. The van der Waals surface area contributed by atoms with E-state index in [4.69, 9.17) is 11.6 Å². The summed E-state index contributed by atoms with van der Waals surface area (Å²) >= 11 is 7.37. The molecule has 0 bridgehead atoms. The number of carbonyl (C=O) groups excluding carboxylic acids is 1. The molecule has 1 saturated heterocycles.